The van der Waals surface area contributed by atoms with E-state index in [1.165, 1.54) is 5.56 Å². The zero-order chi connectivity index (χ0) is 14.9. The van der Waals surface area contributed by atoms with Crippen molar-refractivity contribution in [3.8, 4) is 5.75 Å². The topological polar surface area (TPSA) is 30.5 Å². The first-order chi connectivity index (χ1) is 10.1. The molecule has 4 heteroatoms. The number of halogens is 1. The number of hydrogen-bond acceptors (Lipinski definition) is 3. The van der Waals surface area contributed by atoms with Gasteiger partial charge in [0.25, 0.3) is 0 Å². The van der Waals surface area contributed by atoms with Crippen molar-refractivity contribution < 1.29 is 9.47 Å². The average Bonchev–Trinajstić information content (AvgIpc) is 3.08. The van der Waals surface area contributed by atoms with Crippen LogP contribution in [-0.4, -0.2) is 25.4 Å². The molecule has 2 unspecified atom stereocenters. The molecule has 1 fully saturated rings. The molecule has 3 rings (SSSR count). The zero-order valence-electron chi connectivity index (χ0n) is 12.9. The average molecular weight is 310 g/mol. The SMILES string of the molecule is CCCNC(c1cc(Cl)cc2c1OCC2)C1(C)CCCO1. The van der Waals surface area contributed by atoms with Gasteiger partial charge in [-0.2, -0.15) is 0 Å². The molecule has 1 saturated heterocycles. The third-order valence-electron chi connectivity index (χ3n) is 4.55. The van der Waals surface area contributed by atoms with Crippen molar-refractivity contribution in [3.05, 3.63) is 28.3 Å². The van der Waals surface area contributed by atoms with E-state index in [2.05, 4.69) is 19.2 Å². The fourth-order valence-electron chi connectivity index (χ4n) is 3.48. The Kier molecular flexibility index (Phi) is 4.43. The van der Waals surface area contributed by atoms with E-state index in [9.17, 15) is 0 Å². The summed E-state index contributed by atoms with van der Waals surface area (Å²) in [5, 5.41) is 4.45. The highest BCUT2D eigenvalue weighted by molar-refractivity contribution is 6.30. The van der Waals surface area contributed by atoms with Crippen LogP contribution in [0.4, 0.5) is 0 Å². The van der Waals surface area contributed by atoms with E-state index < -0.39 is 0 Å². The number of ether oxygens (including phenoxy) is 2. The minimum Gasteiger partial charge on any atom is -0.493 e. The van der Waals surface area contributed by atoms with Crippen molar-refractivity contribution in [3.63, 3.8) is 0 Å². The third-order valence-corrected chi connectivity index (χ3v) is 4.76. The Morgan fingerprint density at radius 2 is 2.24 bits per heavy atom. The normalized spacial score (nSPS) is 25.7. The minimum absolute atomic E-state index is 0.130. The van der Waals surface area contributed by atoms with E-state index in [4.69, 9.17) is 21.1 Å². The fraction of sp³-hybridized carbons (Fsp3) is 0.647. The van der Waals surface area contributed by atoms with Crippen molar-refractivity contribution in [2.75, 3.05) is 19.8 Å². The van der Waals surface area contributed by atoms with Gasteiger partial charge in [0.15, 0.2) is 0 Å². The van der Waals surface area contributed by atoms with Gasteiger partial charge in [-0.15, -0.1) is 0 Å². The van der Waals surface area contributed by atoms with Crippen LogP contribution in [0.25, 0.3) is 0 Å². The summed E-state index contributed by atoms with van der Waals surface area (Å²) < 4.78 is 12.0. The van der Waals surface area contributed by atoms with E-state index in [0.717, 1.165) is 61.8 Å². The standard InChI is InChI=1S/C17H24ClNO2/c1-3-7-19-16(17(2)6-4-8-21-17)14-11-13(18)10-12-5-9-20-15(12)14/h10-11,16,19H,3-9H2,1-2H3. The van der Waals surface area contributed by atoms with E-state index in [-0.39, 0.29) is 11.6 Å². The second-order valence-corrected chi connectivity index (χ2v) is 6.67. The highest BCUT2D eigenvalue weighted by Gasteiger charge is 2.41. The lowest BCUT2D eigenvalue weighted by molar-refractivity contribution is -0.0130. The summed E-state index contributed by atoms with van der Waals surface area (Å²) in [6.07, 6.45) is 4.22. The summed E-state index contributed by atoms with van der Waals surface area (Å²) in [6, 6.07) is 4.21. The second kappa shape index (κ2) is 6.15. The maximum Gasteiger partial charge on any atom is 0.127 e. The molecule has 1 N–H and O–H groups in total. The first-order valence-electron chi connectivity index (χ1n) is 7.96. The van der Waals surface area contributed by atoms with Crippen molar-refractivity contribution in [1.29, 1.82) is 0 Å². The van der Waals surface area contributed by atoms with Gasteiger partial charge < -0.3 is 14.8 Å². The molecular weight excluding hydrogens is 286 g/mol. The van der Waals surface area contributed by atoms with Gasteiger partial charge in [-0.1, -0.05) is 18.5 Å². The van der Waals surface area contributed by atoms with E-state index in [0.29, 0.717) is 0 Å². The van der Waals surface area contributed by atoms with Crippen LogP contribution in [0.1, 0.15) is 50.3 Å². The van der Waals surface area contributed by atoms with E-state index >= 15 is 0 Å². The lowest BCUT2D eigenvalue weighted by Gasteiger charge is -2.35. The van der Waals surface area contributed by atoms with Gasteiger partial charge in [0.2, 0.25) is 0 Å². The minimum atomic E-state index is -0.181. The third kappa shape index (κ3) is 2.92. The predicted molar refractivity (Wildman–Crippen MR) is 85.3 cm³/mol. The molecule has 0 radical (unpaired) electrons. The molecule has 2 atom stereocenters. The maximum atomic E-state index is 6.33. The van der Waals surface area contributed by atoms with Gasteiger partial charge in [-0.05, 0) is 50.4 Å². The van der Waals surface area contributed by atoms with Crippen molar-refractivity contribution >= 4 is 11.6 Å². The Labute approximate surface area is 132 Å². The Bertz CT molecular complexity index is 512. The molecule has 2 heterocycles. The van der Waals surface area contributed by atoms with Crippen LogP contribution < -0.4 is 10.1 Å². The molecule has 0 aromatic heterocycles. The molecule has 0 saturated carbocycles. The van der Waals surface area contributed by atoms with Gasteiger partial charge in [0.1, 0.15) is 5.75 Å². The first kappa shape index (κ1) is 15.1. The number of rotatable bonds is 5. The van der Waals surface area contributed by atoms with Gasteiger partial charge in [-0.3, -0.25) is 0 Å². The van der Waals surface area contributed by atoms with Gasteiger partial charge >= 0.3 is 0 Å². The van der Waals surface area contributed by atoms with Crippen molar-refractivity contribution in [2.45, 2.75) is 51.2 Å². The number of hydrogen-bond donors (Lipinski definition) is 1. The highest BCUT2D eigenvalue weighted by atomic mass is 35.5. The molecule has 0 spiro atoms. The summed E-state index contributed by atoms with van der Waals surface area (Å²) >= 11 is 6.33. The molecule has 0 amide bonds. The van der Waals surface area contributed by atoms with Crippen LogP contribution >= 0.6 is 11.6 Å². The maximum absolute atomic E-state index is 6.33. The first-order valence-corrected chi connectivity index (χ1v) is 8.34. The van der Waals surface area contributed by atoms with E-state index in [1.54, 1.807) is 0 Å². The molecular formula is C17H24ClNO2. The largest absolute Gasteiger partial charge is 0.493 e. The van der Waals surface area contributed by atoms with Crippen LogP contribution in [0.2, 0.25) is 5.02 Å². The molecule has 0 bridgehead atoms. The lowest BCUT2D eigenvalue weighted by Crippen LogP contribution is -2.41. The fourth-order valence-corrected chi connectivity index (χ4v) is 3.73. The molecule has 1 aromatic rings. The summed E-state index contributed by atoms with van der Waals surface area (Å²) in [4.78, 5) is 0. The second-order valence-electron chi connectivity index (χ2n) is 6.23. The molecule has 21 heavy (non-hydrogen) atoms. The van der Waals surface area contributed by atoms with Gasteiger partial charge in [0.05, 0.1) is 18.2 Å². The molecule has 3 nitrogen and oxygen atoms in total. The lowest BCUT2D eigenvalue weighted by atomic mass is 9.86. The van der Waals surface area contributed by atoms with Crippen molar-refractivity contribution in [2.24, 2.45) is 0 Å². The van der Waals surface area contributed by atoms with Crippen LogP contribution in [0, 0.1) is 0 Å². The quantitative estimate of drug-likeness (QED) is 0.895. The monoisotopic (exact) mass is 309 g/mol. The predicted octanol–water partition coefficient (Wildman–Crippen LogP) is 3.88. The van der Waals surface area contributed by atoms with Crippen LogP contribution in [0.3, 0.4) is 0 Å². The molecule has 2 aliphatic rings. The van der Waals surface area contributed by atoms with Gasteiger partial charge in [-0.25, -0.2) is 0 Å². The Balaban J connectivity index is 2.00. The zero-order valence-corrected chi connectivity index (χ0v) is 13.6. The molecule has 1 aromatic carbocycles. The Morgan fingerprint density at radius 1 is 1.38 bits per heavy atom. The smallest absolute Gasteiger partial charge is 0.127 e. The number of fused-ring (bicyclic) bond motifs is 1. The van der Waals surface area contributed by atoms with Crippen LogP contribution in [0.5, 0.6) is 5.75 Å². The van der Waals surface area contributed by atoms with Gasteiger partial charge in [0, 0.05) is 23.6 Å². The highest BCUT2D eigenvalue weighted by Crippen LogP contribution is 2.44. The molecule has 2 aliphatic heterocycles. The summed E-state index contributed by atoms with van der Waals surface area (Å²) in [5.41, 5.74) is 2.20. The van der Waals surface area contributed by atoms with E-state index in [1.807, 2.05) is 12.1 Å². The molecule has 116 valence electrons. The van der Waals surface area contributed by atoms with Crippen LogP contribution in [0.15, 0.2) is 12.1 Å². The summed E-state index contributed by atoms with van der Waals surface area (Å²) in [7, 11) is 0. The van der Waals surface area contributed by atoms with Crippen molar-refractivity contribution in [1.82, 2.24) is 5.32 Å². The summed E-state index contributed by atoms with van der Waals surface area (Å²) in [6.45, 7) is 6.94. The number of benzene rings is 1. The van der Waals surface area contributed by atoms with Crippen LogP contribution in [-0.2, 0) is 11.2 Å². The molecule has 0 aliphatic carbocycles. The number of nitrogens with one attached hydrogen (secondary N) is 1. The Hall–Kier alpha value is -0.770. The Morgan fingerprint density at radius 3 is 2.95 bits per heavy atom. The summed E-state index contributed by atoms with van der Waals surface area (Å²) in [5.74, 6) is 1.02.